The molecule has 2 heterocycles. The quantitative estimate of drug-likeness (QED) is 0.539. The molecule has 0 aliphatic carbocycles. The largest absolute Gasteiger partial charge is 0.319 e. The van der Waals surface area contributed by atoms with E-state index in [1.54, 1.807) is 11.3 Å². The predicted octanol–water partition coefficient (Wildman–Crippen LogP) is 5.80. The number of rotatable bonds is 4. The standard InChI is InChI=1S/C15H13Cl3N2S/c1-9(12-5-6-13(18)21-12)20-14(7-8-16)19-11-4-2-3-10(17)15(11)20/h2-6,9H,7-8H2,1H3. The third kappa shape index (κ3) is 2.80. The van der Waals surface area contributed by atoms with Gasteiger partial charge in [0.05, 0.1) is 26.4 Å². The first-order valence-corrected chi connectivity index (χ1v) is 8.69. The second kappa shape index (κ2) is 6.17. The molecule has 0 saturated carbocycles. The van der Waals surface area contributed by atoms with Gasteiger partial charge in [-0.15, -0.1) is 22.9 Å². The van der Waals surface area contributed by atoms with E-state index in [9.17, 15) is 0 Å². The van der Waals surface area contributed by atoms with Crippen molar-refractivity contribution >= 4 is 57.2 Å². The molecule has 1 unspecified atom stereocenters. The lowest BCUT2D eigenvalue weighted by Gasteiger charge is -2.16. The van der Waals surface area contributed by atoms with Gasteiger partial charge in [-0.05, 0) is 31.2 Å². The van der Waals surface area contributed by atoms with Crippen LogP contribution < -0.4 is 0 Å². The topological polar surface area (TPSA) is 17.8 Å². The minimum absolute atomic E-state index is 0.116. The summed E-state index contributed by atoms with van der Waals surface area (Å²) in [6.07, 6.45) is 0.704. The summed E-state index contributed by atoms with van der Waals surface area (Å²) < 4.78 is 2.95. The Bertz CT molecular complexity index is 778. The van der Waals surface area contributed by atoms with Gasteiger partial charge in [0.2, 0.25) is 0 Å². The molecular formula is C15H13Cl3N2S. The third-order valence-electron chi connectivity index (χ3n) is 3.45. The van der Waals surface area contributed by atoms with Gasteiger partial charge in [0.25, 0.3) is 0 Å². The van der Waals surface area contributed by atoms with E-state index >= 15 is 0 Å². The summed E-state index contributed by atoms with van der Waals surface area (Å²) >= 11 is 20.0. The fourth-order valence-corrected chi connectivity index (χ4v) is 4.05. The number of fused-ring (bicyclic) bond motifs is 1. The number of nitrogens with zero attached hydrogens (tertiary/aromatic N) is 2. The van der Waals surface area contributed by atoms with E-state index in [2.05, 4.69) is 16.5 Å². The minimum Gasteiger partial charge on any atom is -0.319 e. The van der Waals surface area contributed by atoms with Crippen LogP contribution in [0.3, 0.4) is 0 Å². The van der Waals surface area contributed by atoms with E-state index in [4.69, 9.17) is 34.8 Å². The van der Waals surface area contributed by atoms with Crippen molar-refractivity contribution in [1.29, 1.82) is 0 Å². The lowest BCUT2D eigenvalue weighted by Crippen LogP contribution is -2.10. The molecule has 0 saturated heterocycles. The Morgan fingerprint density at radius 3 is 2.71 bits per heavy atom. The third-order valence-corrected chi connectivity index (χ3v) is 5.34. The van der Waals surface area contributed by atoms with Gasteiger partial charge in [-0.3, -0.25) is 0 Å². The van der Waals surface area contributed by atoms with Crippen molar-refractivity contribution in [1.82, 2.24) is 9.55 Å². The summed E-state index contributed by atoms with van der Waals surface area (Å²) in [5.41, 5.74) is 1.86. The predicted molar refractivity (Wildman–Crippen MR) is 92.3 cm³/mol. The highest BCUT2D eigenvalue weighted by Gasteiger charge is 2.20. The molecule has 6 heteroatoms. The molecule has 0 spiro atoms. The van der Waals surface area contributed by atoms with Crippen LogP contribution in [0.15, 0.2) is 30.3 Å². The van der Waals surface area contributed by atoms with Gasteiger partial charge in [0.15, 0.2) is 0 Å². The molecule has 2 aromatic heterocycles. The van der Waals surface area contributed by atoms with E-state index in [-0.39, 0.29) is 6.04 Å². The van der Waals surface area contributed by atoms with Crippen molar-refractivity contribution < 1.29 is 0 Å². The van der Waals surface area contributed by atoms with Gasteiger partial charge < -0.3 is 4.57 Å². The highest BCUT2D eigenvalue weighted by Crippen LogP contribution is 2.34. The normalized spacial score (nSPS) is 13.0. The molecular weight excluding hydrogens is 347 g/mol. The van der Waals surface area contributed by atoms with Crippen LogP contribution in [-0.2, 0) is 6.42 Å². The molecule has 21 heavy (non-hydrogen) atoms. The summed E-state index contributed by atoms with van der Waals surface area (Å²) in [6.45, 7) is 2.13. The Morgan fingerprint density at radius 2 is 2.05 bits per heavy atom. The average molecular weight is 360 g/mol. The van der Waals surface area contributed by atoms with Crippen LogP contribution in [0.4, 0.5) is 0 Å². The fraction of sp³-hybridized carbons (Fsp3) is 0.267. The first kappa shape index (κ1) is 15.2. The first-order chi connectivity index (χ1) is 10.1. The number of aromatic nitrogens is 2. The first-order valence-electron chi connectivity index (χ1n) is 6.58. The maximum atomic E-state index is 6.40. The zero-order valence-electron chi connectivity index (χ0n) is 11.3. The lowest BCUT2D eigenvalue weighted by atomic mass is 10.2. The van der Waals surface area contributed by atoms with E-state index in [1.165, 1.54) is 4.88 Å². The maximum absolute atomic E-state index is 6.40. The summed E-state index contributed by atoms with van der Waals surface area (Å²) in [5, 5.41) is 0.704. The molecule has 2 nitrogen and oxygen atoms in total. The summed E-state index contributed by atoms with van der Waals surface area (Å²) in [7, 11) is 0. The molecule has 110 valence electrons. The van der Waals surface area contributed by atoms with E-state index in [0.717, 1.165) is 21.2 Å². The average Bonchev–Trinajstić information content (AvgIpc) is 3.03. The number of alkyl halides is 1. The number of aryl methyl sites for hydroxylation is 1. The molecule has 3 aromatic rings. The smallest absolute Gasteiger partial charge is 0.111 e. The Hall–Kier alpha value is -0.740. The van der Waals surface area contributed by atoms with Crippen LogP contribution in [0.5, 0.6) is 0 Å². The molecule has 0 N–H and O–H groups in total. The SMILES string of the molecule is CC(c1ccc(Cl)s1)n1c(CCCl)nc2cccc(Cl)c21. The highest BCUT2D eigenvalue weighted by molar-refractivity contribution is 7.16. The van der Waals surface area contributed by atoms with E-state index < -0.39 is 0 Å². The van der Waals surface area contributed by atoms with Gasteiger partial charge in [0, 0.05) is 17.2 Å². The maximum Gasteiger partial charge on any atom is 0.111 e. The van der Waals surface area contributed by atoms with Gasteiger partial charge in [-0.2, -0.15) is 0 Å². The highest BCUT2D eigenvalue weighted by atomic mass is 35.5. The minimum atomic E-state index is 0.116. The second-order valence-corrected chi connectivity index (χ2v) is 7.29. The summed E-state index contributed by atoms with van der Waals surface area (Å²) in [4.78, 5) is 5.86. The number of hydrogen-bond donors (Lipinski definition) is 0. The number of benzene rings is 1. The second-order valence-electron chi connectivity index (χ2n) is 4.76. The number of imidazole rings is 1. The van der Waals surface area contributed by atoms with Gasteiger partial charge >= 0.3 is 0 Å². The number of para-hydroxylation sites is 1. The van der Waals surface area contributed by atoms with Gasteiger partial charge in [0.1, 0.15) is 5.82 Å². The molecule has 0 radical (unpaired) electrons. The Labute approximate surface area is 142 Å². The van der Waals surface area contributed by atoms with E-state index in [1.807, 2.05) is 30.3 Å². The van der Waals surface area contributed by atoms with Crippen molar-refractivity contribution in [3.63, 3.8) is 0 Å². The van der Waals surface area contributed by atoms with Crippen LogP contribution in [0.1, 0.15) is 23.7 Å². The fourth-order valence-electron chi connectivity index (χ4n) is 2.51. The monoisotopic (exact) mass is 358 g/mol. The van der Waals surface area contributed by atoms with Crippen LogP contribution in [-0.4, -0.2) is 15.4 Å². The van der Waals surface area contributed by atoms with Crippen molar-refractivity contribution in [3.8, 4) is 0 Å². The van der Waals surface area contributed by atoms with E-state index in [0.29, 0.717) is 17.3 Å². The summed E-state index contributed by atoms with van der Waals surface area (Å²) in [5.74, 6) is 1.48. The molecule has 0 amide bonds. The summed E-state index contributed by atoms with van der Waals surface area (Å²) in [6, 6.07) is 9.86. The molecule has 0 aliphatic heterocycles. The van der Waals surface area contributed by atoms with Crippen LogP contribution in [0.2, 0.25) is 9.36 Å². The molecule has 0 aliphatic rings. The molecule has 0 fully saturated rings. The van der Waals surface area contributed by atoms with Crippen molar-refractivity contribution in [2.45, 2.75) is 19.4 Å². The Morgan fingerprint density at radius 1 is 1.24 bits per heavy atom. The van der Waals surface area contributed by atoms with Crippen molar-refractivity contribution in [2.75, 3.05) is 5.88 Å². The molecule has 1 atom stereocenters. The number of hydrogen-bond acceptors (Lipinski definition) is 2. The van der Waals surface area contributed by atoms with Crippen LogP contribution in [0, 0.1) is 0 Å². The Kier molecular flexibility index (Phi) is 4.46. The molecule has 0 bridgehead atoms. The Balaban J connectivity index is 2.21. The number of thiophene rings is 1. The van der Waals surface area contributed by atoms with Crippen molar-refractivity contribution in [2.24, 2.45) is 0 Å². The molecule has 3 rings (SSSR count). The van der Waals surface area contributed by atoms with Crippen molar-refractivity contribution in [3.05, 3.63) is 50.4 Å². The van der Waals surface area contributed by atoms with Crippen LogP contribution in [0.25, 0.3) is 11.0 Å². The zero-order chi connectivity index (χ0) is 15.0. The van der Waals surface area contributed by atoms with Gasteiger partial charge in [-0.25, -0.2) is 4.98 Å². The lowest BCUT2D eigenvalue weighted by molar-refractivity contribution is 0.633. The molecule has 1 aromatic carbocycles. The van der Waals surface area contributed by atoms with Crippen LogP contribution >= 0.6 is 46.1 Å². The zero-order valence-corrected chi connectivity index (χ0v) is 14.4. The number of halogens is 3. The van der Waals surface area contributed by atoms with Gasteiger partial charge in [-0.1, -0.05) is 29.3 Å².